The van der Waals surface area contributed by atoms with Crippen molar-refractivity contribution >= 4 is 37.6 Å². The number of nitrogens with one attached hydrogen (secondary N) is 2. The van der Waals surface area contributed by atoms with Gasteiger partial charge in [0, 0.05) is 37.2 Å². The predicted octanol–water partition coefficient (Wildman–Crippen LogP) is 1.68. The van der Waals surface area contributed by atoms with Gasteiger partial charge in [0.05, 0.1) is 9.92 Å². The van der Waals surface area contributed by atoms with Gasteiger partial charge >= 0.3 is 0 Å². The van der Waals surface area contributed by atoms with Crippen molar-refractivity contribution < 1.29 is 8.42 Å². The molecule has 1 aromatic carbocycles. The number of benzene rings is 1. The third-order valence-electron chi connectivity index (χ3n) is 3.35. The van der Waals surface area contributed by atoms with Gasteiger partial charge in [0.15, 0.2) is 0 Å². The van der Waals surface area contributed by atoms with Crippen molar-refractivity contribution in [3.05, 3.63) is 27.7 Å². The Morgan fingerprint density at radius 3 is 2.71 bits per heavy atom. The van der Waals surface area contributed by atoms with Crippen LogP contribution in [0.3, 0.4) is 0 Å². The molecule has 1 aliphatic rings. The van der Waals surface area contributed by atoms with Crippen LogP contribution in [0.15, 0.2) is 27.6 Å². The molecule has 0 aliphatic carbocycles. The van der Waals surface area contributed by atoms with Gasteiger partial charge in [-0.1, -0.05) is 11.6 Å². The Labute approximate surface area is 139 Å². The maximum absolute atomic E-state index is 12.1. The molecule has 0 aromatic heterocycles. The van der Waals surface area contributed by atoms with Crippen molar-refractivity contribution in [1.29, 1.82) is 0 Å². The fourth-order valence-corrected chi connectivity index (χ4v) is 3.92. The minimum absolute atomic E-state index is 0.223. The average molecular weight is 397 g/mol. The lowest BCUT2D eigenvalue weighted by molar-refractivity contribution is 0.239. The van der Waals surface area contributed by atoms with E-state index in [2.05, 4.69) is 30.9 Å². The van der Waals surface area contributed by atoms with Crippen LogP contribution in [0.25, 0.3) is 0 Å². The monoisotopic (exact) mass is 395 g/mol. The molecule has 0 radical (unpaired) electrons. The summed E-state index contributed by atoms with van der Waals surface area (Å²) in [6.45, 7) is 5.41. The molecule has 118 valence electrons. The molecule has 0 spiro atoms. The summed E-state index contributed by atoms with van der Waals surface area (Å²) in [5.74, 6) is 0. The first-order chi connectivity index (χ1) is 9.99. The summed E-state index contributed by atoms with van der Waals surface area (Å²) < 4.78 is 27.5. The summed E-state index contributed by atoms with van der Waals surface area (Å²) >= 11 is 9.11. The van der Waals surface area contributed by atoms with E-state index in [-0.39, 0.29) is 4.90 Å². The van der Waals surface area contributed by atoms with Crippen LogP contribution in [0.1, 0.15) is 6.42 Å². The number of hydrogen-bond acceptors (Lipinski definition) is 4. The van der Waals surface area contributed by atoms with Crippen molar-refractivity contribution in [1.82, 2.24) is 14.9 Å². The Morgan fingerprint density at radius 1 is 1.33 bits per heavy atom. The third kappa shape index (κ3) is 5.19. The lowest BCUT2D eigenvalue weighted by Crippen LogP contribution is -2.44. The summed E-state index contributed by atoms with van der Waals surface area (Å²) in [5.41, 5.74) is 0. The predicted molar refractivity (Wildman–Crippen MR) is 88.3 cm³/mol. The lowest BCUT2D eigenvalue weighted by atomic mass is 10.3. The zero-order chi connectivity index (χ0) is 15.3. The van der Waals surface area contributed by atoms with Crippen molar-refractivity contribution in [3.8, 4) is 0 Å². The van der Waals surface area contributed by atoms with Crippen LogP contribution in [0, 0.1) is 0 Å². The number of sulfonamides is 1. The molecule has 21 heavy (non-hydrogen) atoms. The Kier molecular flexibility index (Phi) is 6.46. The minimum Gasteiger partial charge on any atom is -0.314 e. The van der Waals surface area contributed by atoms with Crippen molar-refractivity contribution in [2.24, 2.45) is 0 Å². The van der Waals surface area contributed by atoms with E-state index in [1.54, 1.807) is 6.07 Å². The smallest absolute Gasteiger partial charge is 0.240 e. The molecule has 0 saturated carbocycles. The molecule has 1 fully saturated rings. The SMILES string of the molecule is O=S(=O)(NCCCN1CCNCC1)c1ccc(Cl)c(Br)c1. The molecule has 2 N–H and O–H groups in total. The quantitative estimate of drug-likeness (QED) is 0.718. The zero-order valence-corrected chi connectivity index (χ0v) is 14.8. The van der Waals surface area contributed by atoms with E-state index in [0.29, 0.717) is 16.0 Å². The van der Waals surface area contributed by atoms with Gasteiger partial charge in [0.2, 0.25) is 10.0 Å². The topological polar surface area (TPSA) is 61.4 Å². The highest BCUT2D eigenvalue weighted by Crippen LogP contribution is 2.25. The van der Waals surface area contributed by atoms with E-state index in [0.717, 1.165) is 39.1 Å². The van der Waals surface area contributed by atoms with E-state index in [1.165, 1.54) is 12.1 Å². The summed E-state index contributed by atoms with van der Waals surface area (Å²) in [5, 5.41) is 3.79. The van der Waals surface area contributed by atoms with Crippen molar-refractivity contribution in [3.63, 3.8) is 0 Å². The fourth-order valence-electron chi connectivity index (χ4n) is 2.17. The third-order valence-corrected chi connectivity index (χ3v) is 6.03. The highest BCUT2D eigenvalue weighted by molar-refractivity contribution is 9.10. The number of halogens is 2. The summed E-state index contributed by atoms with van der Waals surface area (Å²) in [6.07, 6.45) is 0.800. The molecule has 2 rings (SSSR count). The van der Waals surface area contributed by atoms with Gasteiger partial charge in [0.1, 0.15) is 0 Å². The number of nitrogens with zero attached hydrogens (tertiary/aromatic N) is 1. The van der Waals surface area contributed by atoms with Crippen LogP contribution in [-0.2, 0) is 10.0 Å². The Hall–Kier alpha value is -0.180. The van der Waals surface area contributed by atoms with E-state index in [1.807, 2.05) is 0 Å². The fraction of sp³-hybridized carbons (Fsp3) is 0.538. The van der Waals surface area contributed by atoms with E-state index in [9.17, 15) is 8.42 Å². The summed E-state index contributed by atoms with van der Waals surface area (Å²) in [4.78, 5) is 2.56. The van der Waals surface area contributed by atoms with E-state index < -0.39 is 10.0 Å². The van der Waals surface area contributed by atoms with Gasteiger partial charge in [-0.3, -0.25) is 0 Å². The highest BCUT2D eigenvalue weighted by atomic mass is 79.9. The van der Waals surface area contributed by atoms with Gasteiger partial charge in [-0.25, -0.2) is 13.1 Å². The second kappa shape index (κ2) is 7.89. The maximum Gasteiger partial charge on any atom is 0.240 e. The van der Waals surface area contributed by atoms with Gasteiger partial charge in [-0.15, -0.1) is 0 Å². The molecule has 0 unspecified atom stereocenters. The second-order valence-electron chi connectivity index (χ2n) is 4.92. The second-order valence-corrected chi connectivity index (χ2v) is 7.95. The number of piperazine rings is 1. The first kappa shape index (κ1) is 17.2. The maximum atomic E-state index is 12.1. The van der Waals surface area contributed by atoms with Crippen LogP contribution in [0.4, 0.5) is 0 Å². The molecular weight excluding hydrogens is 378 g/mol. The van der Waals surface area contributed by atoms with Gasteiger partial charge in [-0.2, -0.15) is 0 Å². The van der Waals surface area contributed by atoms with Crippen LogP contribution in [-0.4, -0.2) is 52.6 Å². The van der Waals surface area contributed by atoms with Crippen LogP contribution in [0.5, 0.6) is 0 Å². The first-order valence-corrected chi connectivity index (χ1v) is 9.52. The Morgan fingerprint density at radius 2 is 2.05 bits per heavy atom. The van der Waals surface area contributed by atoms with Crippen LogP contribution >= 0.6 is 27.5 Å². The normalized spacial score (nSPS) is 17.0. The standard InChI is InChI=1S/C13H19BrClN3O2S/c14-12-10-11(2-3-13(12)15)21(19,20)17-4-1-7-18-8-5-16-6-9-18/h2-3,10,16-17H,1,4-9H2. The lowest BCUT2D eigenvalue weighted by Gasteiger charge is -2.27. The molecule has 1 aromatic rings. The Balaban J connectivity index is 1.82. The first-order valence-electron chi connectivity index (χ1n) is 6.87. The van der Waals surface area contributed by atoms with Gasteiger partial charge in [-0.05, 0) is 47.1 Å². The average Bonchev–Trinajstić information content (AvgIpc) is 2.47. The molecule has 1 aliphatic heterocycles. The summed E-state index contributed by atoms with van der Waals surface area (Å²) in [7, 11) is -3.47. The molecule has 1 saturated heterocycles. The van der Waals surface area contributed by atoms with E-state index in [4.69, 9.17) is 11.6 Å². The van der Waals surface area contributed by atoms with Crippen molar-refractivity contribution in [2.75, 3.05) is 39.3 Å². The van der Waals surface area contributed by atoms with Crippen LogP contribution < -0.4 is 10.0 Å². The molecule has 1 heterocycles. The molecule has 0 atom stereocenters. The Bertz CT molecular complexity index is 577. The van der Waals surface area contributed by atoms with Gasteiger partial charge in [0.25, 0.3) is 0 Å². The van der Waals surface area contributed by atoms with Crippen LogP contribution in [0.2, 0.25) is 5.02 Å². The van der Waals surface area contributed by atoms with Gasteiger partial charge < -0.3 is 10.2 Å². The molecule has 8 heteroatoms. The molecule has 0 amide bonds. The molecule has 0 bridgehead atoms. The highest BCUT2D eigenvalue weighted by Gasteiger charge is 2.15. The molecular formula is C13H19BrClN3O2S. The minimum atomic E-state index is -3.47. The number of hydrogen-bond donors (Lipinski definition) is 2. The van der Waals surface area contributed by atoms with E-state index >= 15 is 0 Å². The van der Waals surface area contributed by atoms with Crippen molar-refractivity contribution in [2.45, 2.75) is 11.3 Å². The molecule has 5 nitrogen and oxygen atoms in total. The largest absolute Gasteiger partial charge is 0.314 e. The number of rotatable bonds is 6. The zero-order valence-electron chi connectivity index (χ0n) is 11.6. The summed E-state index contributed by atoms with van der Waals surface area (Å²) in [6, 6.07) is 4.59.